The monoisotopic (exact) mass is 275 g/mol. The van der Waals surface area contributed by atoms with Crippen LogP contribution < -0.4 is 10.7 Å². The van der Waals surface area contributed by atoms with Gasteiger partial charge in [0.05, 0.1) is 11.9 Å². The minimum Gasteiger partial charge on any atom is -0.382 e. The predicted molar refractivity (Wildman–Crippen MR) is 78.9 cm³/mol. The number of benzene rings is 1. The second-order valence-electron chi connectivity index (χ2n) is 3.74. The van der Waals surface area contributed by atoms with Crippen LogP contribution in [0.2, 0.25) is 5.15 Å². The highest BCUT2D eigenvalue weighted by Gasteiger charge is 2.04. The fraction of sp³-hybridized carbons (Fsp3) is 0.154. The van der Waals surface area contributed by atoms with Crippen LogP contribution in [-0.2, 0) is 0 Å². The van der Waals surface area contributed by atoms with Crippen molar-refractivity contribution in [3.8, 4) is 0 Å². The van der Waals surface area contributed by atoms with Gasteiger partial charge in [-0.15, -0.1) is 10.2 Å². The van der Waals surface area contributed by atoms with Gasteiger partial charge in [0.25, 0.3) is 0 Å². The van der Waals surface area contributed by atoms with Crippen LogP contribution in [0.3, 0.4) is 0 Å². The van der Waals surface area contributed by atoms with Gasteiger partial charge in [-0.1, -0.05) is 41.9 Å². The molecule has 0 atom stereocenters. The van der Waals surface area contributed by atoms with Crippen molar-refractivity contribution in [2.75, 3.05) is 17.3 Å². The smallest absolute Gasteiger partial charge is 0.192 e. The summed E-state index contributed by atoms with van der Waals surface area (Å²) in [6, 6.07) is 11.5. The van der Waals surface area contributed by atoms with Crippen molar-refractivity contribution in [3.05, 3.63) is 47.1 Å². The lowest BCUT2D eigenvalue weighted by Gasteiger charge is -2.07. The Morgan fingerprint density at radius 1 is 1.26 bits per heavy atom. The first kappa shape index (κ1) is 13.3. The van der Waals surface area contributed by atoms with Crippen molar-refractivity contribution in [2.45, 2.75) is 6.92 Å². The molecule has 0 saturated heterocycles. The zero-order valence-electron chi connectivity index (χ0n) is 10.5. The number of anilines is 2. The van der Waals surface area contributed by atoms with Crippen LogP contribution in [0.25, 0.3) is 0 Å². The van der Waals surface area contributed by atoms with Gasteiger partial charge in [-0.3, -0.25) is 5.43 Å². The second-order valence-corrected chi connectivity index (χ2v) is 4.13. The number of hydrogen-bond acceptors (Lipinski definition) is 5. The highest BCUT2D eigenvalue weighted by Crippen LogP contribution is 2.20. The first-order valence-electron chi connectivity index (χ1n) is 5.91. The molecule has 0 bridgehead atoms. The third-order valence-corrected chi connectivity index (χ3v) is 2.50. The normalized spacial score (nSPS) is 10.6. The molecule has 0 saturated carbocycles. The van der Waals surface area contributed by atoms with Gasteiger partial charge in [0.1, 0.15) is 0 Å². The van der Waals surface area contributed by atoms with E-state index >= 15 is 0 Å². The van der Waals surface area contributed by atoms with Crippen molar-refractivity contribution in [1.82, 2.24) is 10.2 Å². The molecule has 98 valence electrons. The van der Waals surface area contributed by atoms with Crippen molar-refractivity contribution in [2.24, 2.45) is 5.10 Å². The molecular weight excluding hydrogens is 262 g/mol. The molecule has 19 heavy (non-hydrogen) atoms. The molecule has 1 heterocycles. The van der Waals surface area contributed by atoms with Crippen molar-refractivity contribution < 1.29 is 0 Å². The lowest BCUT2D eigenvalue weighted by Crippen LogP contribution is -2.04. The minimum atomic E-state index is 0.341. The molecule has 0 fully saturated rings. The van der Waals surface area contributed by atoms with Gasteiger partial charge >= 0.3 is 0 Å². The van der Waals surface area contributed by atoms with Crippen LogP contribution in [0.5, 0.6) is 0 Å². The summed E-state index contributed by atoms with van der Waals surface area (Å²) in [6.45, 7) is 2.75. The van der Waals surface area contributed by atoms with E-state index in [0.29, 0.717) is 11.0 Å². The average molecular weight is 276 g/mol. The summed E-state index contributed by atoms with van der Waals surface area (Å²) in [5.74, 6) is 0.540. The molecule has 0 spiro atoms. The summed E-state index contributed by atoms with van der Waals surface area (Å²) in [5.41, 5.74) is 4.62. The molecule has 2 aromatic rings. The standard InChI is InChI=1S/C13H14ClN5/c1-2-15-11-8-12(14)17-19-13(11)18-16-9-10-6-4-3-5-7-10/h3-9H,2H2,1H3,(H,15,17)(H,18,19)/b16-9+. The fourth-order valence-corrected chi connectivity index (χ4v) is 1.63. The van der Waals surface area contributed by atoms with Gasteiger partial charge in [-0.05, 0) is 12.5 Å². The predicted octanol–water partition coefficient (Wildman–Crippen LogP) is 3.01. The molecule has 1 aromatic carbocycles. The average Bonchev–Trinajstić information content (AvgIpc) is 2.43. The molecule has 5 nitrogen and oxygen atoms in total. The van der Waals surface area contributed by atoms with Gasteiger partial charge in [0.2, 0.25) is 0 Å². The van der Waals surface area contributed by atoms with E-state index in [4.69, 9.17) is 11.6 Å². The van der Waals surface area contributed by atoms with E-state index in [2.05, 4.69) is 26.0 Å². The Hall–Kier alpha value is -2.14. The van der Waals surface area contributed by atoms with Crippen molar-refractivity contribution in [1.29, 1.82) is 0 Å². The summed E-state index contributed by atoms with van der Waals surface area (Å²) in [6.07, 6.45) is 1.71. The van der Waals surface area contributed by atoms with Gasteiger partial charge in [-0.25, -0.2) is 0 Å². The van der Waals surface area contributed by atoms with Gasteiger partial charge in [0.15, 0.2) is 11.0 Å². The second kappa shape index (κ2) is 6.70. The Balaban J connectivity index is 2.09. The van der Waals surface area contributed by atoms with Crippen LogP contribution in [0.4, 0.5) is 11.5 Å². The number of nitrogens with one attached hydrogen (secondary N) is 2. The Kier molecular flexibility index (Phi) is 4.69. The molecule has 0 aliphatic carbocycles. The molecule has 1 aromatic heterocycles. The van der Waals surface area contributed by atoms with Crippen molar-refractivity contribution in [3.63, 3.8) is 0 Å². The van der Waals surface area contributed by atoms with Crippen LogP contribution in [0.1, 0.15) is 12.5 Å². The van der Waals surface area contributed by atoms with Crippen LogP contribution in [-0.4, -0.2) is 23.0 Å². The highest BCUT2D eigenvalue weighted by atomic mass is 35.5. The largest absolute Gasteiger partial charge is 0.382 e. The van der Waals surface area contributed by atoms with E-state index in [1.807, 2.05) is 37.3 Å². The molecule has 0 aliphatic rings. The van der Waals surface area contributed by atoms with Gasteiger partial charge in [0, 0.05) is 12.6 Å². The third kappa shape index (κ3) is 3.93. The van der Waals surface area contributed by atoms with Gasteiger partial charge in [-0.2, -0.15) is 5.10 Å². The Labute approximate surface area is 116 Å². The zero-order chi connectivity index (χ0) is 13.5. The first-order chi connectivity index (χ1) is 9.29. The topological polar surface area (TPSA) is 62.2 Å². The summed E-state index contributed by atoms with van der Waals surface area (Å²) in [7, 11) is 0. The molecule has 0 unspecified atom stereocenters. The lowest BCUT2D eigenvalue weighted by molar-refractivity contribution is 1.02. The molecule has 2 rings (SSSR count). The SMILES string of the molecule is CCNc1cc(Cl)nnc1N/N=C/c1ccccc1. The molecule has 2 N–H and O–H groups in total. The van der Waals surface area contributed by atoms with Gasteiger partial charge < -0.3 is 5.32 Å². The number of aromatic nitrogens is 2. The summed E-state index contributed by atoms with van der Waals surface area (Å²) in [5, 5.41) is 15.4. The maximum Gasteiger partial charge on any atom is 0.192 e. The quantitative estimate of drug-likeness (QED) is 0.650. The number of hydrazone groups is 1. The van der Waals surface area contributed by atoms with E-state index in [1.165, 1.54) is 0 Å². The van der Waals surface area contributed by atoms with Crippen LogP contribution >= 0.6 is 11.6 Å². The highest BCUT2D eigenvalue weighted by molar-refractivity contribution is 6.29. The van der Waals surface area contributed by atoms with E-state index in [9.17, 15) is 0 Å². The minimum absolute atomic E-state index is 0.341. The van der Waals surface area contributed by atoms with Crippen LogP contribution in [0, 0.1) is 0 Å². The lowest BCUT2D eigenvalue weighted by atomic mass is 10.2. The third-order valence-electron chi connectivity index (χ3n) is 2.31. The zero-order valence-corrected chi connectivity index (χ0v) is 11.2. The Morgan fingerprint density at radius 3 is 2.79 bits per heavy atom. The summed E-state index contributed by atoms with van der Waals surface area (Å²) >= 11 is 5.80. The fourth-order valence-electron chi connectivity index (χ4n) is 1.48. The molecule has 0 radical (unpaired) electrons. The molecule has 0 amide bonds. The van der Waals surface area contributed by atoms with E-state index in [-0.39, 0.29) is 0 Å². The maximum atomic E-state index is 5.80. The number of nitrogens with zero attached hydrogens (tertiary/aromatic N) is 3. The Bertz CT molecular complexity index is 556. The van der Waals surface area contributed by atoms with E-state index < -0.39 is 0 Å². The van der Waals surface area contributed by atoms with E-state index in [1.54, 1.807) is 12.3 Å². The van der Waals surface area contributed by atoms with E-state index in [0.717, 1.165) is 17.8 Å². The van der Waals surface area contributed by atoms with Crippen LogP contribution in [0.15, 0.2) is 41.5 Å². The van der Waals surface area contributed by atoms with Crippen molar-refractivity contribution >= 4 is 29.3 Å². The number of hydrogen-bond donors (Lipinski definition) is 2. The summed E-state index contributed by atoms with van der Waals surface area (Å²) < 4.78 is 0. The maximum absolute atomic E-state index is 5.80. The number of rotatable bonds is 5. The number of halogens is 1. The summed E-state index contributed by atoms with van der Waals surface area (Å²) in [4.78, 5) is 0. The Morgan fingerprint density at radius 2 is 2.05 bits per heavy atom. The molecule has 6 heteroatoms. The first-order valence-corrected chi connectivity index (χ1v) is 6.28. The molecular formula is C13H14ClN5. The molecule has 0 aliphatic heterocycles.